The standard InChI is InChI=1S/C12H25N3O/c1-14-6-8-15(9-7-14)10-12(11-16-2)4-3-5-13-12/h13H,3-11H2,1-2H3. The van der Waals surface area contributed by atoms with Crippen molar-refractivity contribution in [1.29, 1.82) is 0 Å². The lowest BCUT2D eigenvalue weighted by Gasteiger charge is -2.39. The summed E-state index contributed by atoms with van der Waals surface area (Å²) in [6, 6.07) is 0. The molecular weight excluding hydrogens is 202 g/mol. The minimum Gasteiger partial charge on any atom is -0.383 e. The van der Waals surface area contributed by atoms with E-state index in [9.17, 15) is 0 Å². The second kappa shape index (κ2) is 5.45. The van der Waals surface area contributed by atoms with Crippen LogP contribution in [0.3, 0.4) is 0 Å². The summed E-state index contributed by atoms with van der Waals surface area (Å²) < 4.78 is 5.39. The molecule has 2 aliphatic heterocycles. The van der Waals surface area contributed by atoms with E-state index < -0.39 is 0 Å². The SMILES string of the molecule is COCC1(CN2CCN(C)CC2)CCCN1. The third-order valence-corrected chi connectivity index (χ3v) is 3.87. The number of nitrogens with zero attached hydrogens (tertiary/aromatic N) is 2. The summed E-state index contributed by atoms with van der Waals surface area (Å²) in [5.41, 5.74) is 0.227. The van der Waals surface area contributed by atoms with E-state index in [1.807, 2.05) is 7.11 Å². The molecule has 2 aliphatic rings. The summed E-state index contributed by atoms with van der Waals surface area (Å²) in [4.78, 5) is 4.99. The highest BCUT2D eigenvalue weighted by Gasteiger charge is 2.35. The lowest BCUT2D eigenvalue weighted by Crippen LogP contribution is -2.56. The van der Waals surface area contributed by atoms with Gasteiger partial charge in [0.05, 0.1) is 12.1 Å². The van der Waals surface area contributed by atoms with Crippen molar-refractivity contribution in [2.75, 3.05) is 60.0 Å². The number of ether oxygens (including phenoxy) is 1. The Morgan fingerprint density at radius 3 is 2.56 bits per heavy atom. The fraction of sp³-hybridized carbons (Fsp3) is 1.00. The molecule has 1 atom stereocenters. The molecule has 0 amide bonds. The van der Waals surface area contributed by atoms with E-state index in [4.69, 9.17) is 4.74 Å². The van der Waals surface area contributed by atoms with Gasteiger partial charge in [0.1, 0.15) is 0 Å². The van der Waals surface area contributed by atoms with Crippen molar-refractivity contribution < 1.29 is 4.74 Å². The Morgan fingerprint density at radius 1 is 1.25 bits per heavy atom. The van der Waals surface area contributed by atoms with Gasteiger partial charge in [-0.2, -0.15) is 0 Å². The minimum atomic E-state index is 0.227. The van der Waals surface area contributed by atoms with Crippen molar-refractivity contribution in [3.05, 3.63) is 0 Å². The van der Waals surface area contributed by atoms with Crippen molar-refractivity contribution in [3.63, 3.8) is 0 Å². The fourth-order valence-corrected chi connectivity index (χ4v) is 2.88. The first-order chi connectivity index (χ1) is 7.74. The molecule has 4 heteroatoms. The van der Waals surface area contributed by atoms with E-state index in [-0.39, 0.29) is 5.54 Å². The van der Waals surface area contributed by atoms with Crippen molar-refractivity contribution >= 4 is 0 Å². The maximum atomic E-state index is 5.39. The molecule has 4 nitrogen and oxygen atoms in total. The van der Waals surface area contributed by atoms with Gasteiger partial charge >= 0.3 is 0 Å². The summed E-state index contributed by atoms with van der Waals surface area (Å²) in [6.07, 6.45) is 2.55. The van der Waals surface area contributed by atoms with Gasteiger partial charge in [0.25, 0.3) is 0 Å². The zero-order chi connectivity index (χ0) is 11.4. The smallest absolute Gasteiger partial charge is 0.0657 e. The second-order valence-electron chi connectivity index (χ2n) is 5.32. The molecule has 1 N–H and O–H groups in total. The Kier molecular flexibility index (Phi) is 4.19. The van der Waals surface area contributed by atoms with Crippen LogP contribution in [-0.4, -0.2) is 75.4 Å². The van der Waals surface area contributed by atoms with E-state index in [1.165, 1.54) is 39.0 Å². The molecule has 0 saturated carbocycles. The first-order valence-corrected chi connectivity index (χ1v) is 6.39. The predicted molar refractivity (Wildman–Crippen MR) is 65.8 cm³/mol. The number of likely N-dealkylation sites (N-methyl/N-ethyl adjacent to an activating group) is 1. The van der Waals surface area contributed by atoms with Crippen LogP contribution in [0.15, 0.2) is 0 Å². The number of methoxy groups -OCH3 is 1. The van der Waals surface area contributed by atoms with E-state index in [2.05, 4.69) is 22.2 Å². The van der Waals surface area contributed by atoms with Crippen molar-refractivity contribution in [1.82, 2.24) is 15.1 Å². The number of rotatable bonds is 4. The lowest BCUT2D eigenvalue weighted by atomic mass is 9.97. The number of hydrogen-bond donors (Lipinski definition) is 1. The quantitative estimate of drug-likeness (QED) is 0.732. The maximum absolute atomic E-state index is 5.39. The van der Waals surface area contributed by atoms with Gasteiger partial charge in [0, 0.05) is 39.8 Å². The number of nitrogens with one attached hydrogen (secondary N) is 1. The third kappa shape index (κ3) is 2.94. The first-order valence-electron chi connectivity index (χ1n) is 6.39. The number of hydrogen-bond acceptors (Lipinski definition) is 4. The van der Waals surface area contributed by atoms with Gasteiger partial charge < -0.3 is 15.0 Å². The Balaban J connectivity index is 1.85. The van der Waals surface area contributed by atoms with Crippen LogP contribution in [0.5, 0.6) is 0 Å². The molecule has 1 unspecified atom stereocenters. The summed E-state index contributed by atoms with van der Waals surface area (Å²) in [6.45, 7) is 7.94. The van der Waals surface area contributed by atoms with Crippen LogP contribution in [0.1, 0.15) is 12.8 Å². The van der Waals surface area contributed by atoms with Gasteiger partial charge in [-0.05, 0) is 26.4 Å². The van der Waals surface area contributed by atoms with Gasteiger partial charge in [-0.3, -0.25) is 4.90 Å². The molecule has 16 heavy (non-hydrogen) atoms. The third-order valence-electron chi connectivity index (χ3n) is 3.87. The molecular formula is C12H25N3O. The monoisotopic (exact) mass is 227 g/mol. The Bertz CT molecular complexity index is 208. The lowest BCUT2D eigenvalue weighted by molar-refractivity contribution is 0.0675. The largest absolute Gasteiger partial charge is 0.383 e. The van der Waals surface area contributed by atoms with Crippen LogP contribution in [0, 0.1) is 0 Å². The van der Waals surface area contributed by atoms with Crippen LogP contribution in [0.25, 0.3) is 0 Å². The van der Waals surface area contributed by atoms with Crippen molar-refractivity contribution in [2.45, 2.75) is 18.4 Å². The van der Waals surface area contributed by atoms with E-state index in [0.717, 1.165) is 19.7 Å². The molecule has 0 aromatic heterocycles. The molecule has 2 heterocycles. The molecule has 0 spiro atoms. The molecule has 94 valence electrons. The first kappa shape index (κ1) is 12.3. The zero-order valence-electron chi connectivity index (χ0n) is 10.7. The summed E-state index contributed by atoms with van der Waals surface area (Å²) in [5.74, 6) is 0. The van der Waals surface area contributed by atoms with Crippen LogP contribution in [0.4, 0.5) is 0 Å². The minimum absolute atomic E-state index is 0.227. The normalized spacial score (nSPS) is 33.4. The average molecular weight is 227 g/mol. The van der Waals surface area contributed by atoms with Gasteiger partial charge in [0.15, 0.2) is 0 Å². The average Bonchev–Trinajstić information content (AvgIpc) is 2.71. The van der Waals surface area contributed by atoms with Gasteiger partial charge in [0.2, 0.25) is 0 Å². The molecule has 0 aliphatic carbocycles. The van der Waals surface area contributed by atoms with Crippen molar-refractivity contribution in [2.24, 2.45) is 0 Å². The van der Waals surface area contributed by atoms with Crippen LogP contribution >= 0.6 is 0 Å². The van der Waals surface area contributed by atoms with Crippen LogP contribution in [0.2, 0.25) is 0 Å². The van der Waals surface area contributed by atoms with Crippen LogP contribution < -0.4 is 5.32 Å². The molecule has 0 aromatic carbocycles. The van der Waals surface area contributed by atoms with E-state index in [1.54, 1.807) is 0 Å². The maximum Gasteiger partial charge on any atom is 0.0657 e. The van der Waals surface area contributed by atoms with E-state index >= 15 is 0 Å². The predicted octanol–water partition coefficient (Wildman–Crippen LogP) is 0.00240. The van der Waals surface area contributed by atoms with E-state index in [0.29, 0.717) is 0 Å². The molecule has 0 aromatic rings. The molecule has 2 saturated heterocycles. The topological polar surface area (TPSA) is 27.7 Å². The second-order valence-corrected chi connectivity index (χ2v) is 5.32. The molecule has 0 bridgehead atoms. The number of piperazine rings is 1. The molecule has 0 radical (unpaired) electrons. The summed E-state index contributed by atoms with van der Waals surface area (Å²) >= 11 is 0. The molecule has 2 rings (SSSR count). The summed E-state index contributed by atoms with van der Waals surface area (Å²) in [7, 11) is 4.02. The van der Waals surface area contributed by atoms with Crippen LogP contribution in [-0.2, 0) is 4.74 Å². The highest BCUT2D eigenvalue weighted by atomic mass is 16.5. The molecule has 2 fully saturated rings. The Labute approximate surface area is 98.9 Å². The van der Waals surface area contributed by atoms with Gasteiger partial charge in [-0.25, -0.2) is 0 Å². The van der Waals surface area contributed by atoms with Gasteiger partial charge in [-0.1, -0.05) is 0 Å². The highest BCUT2D eigenvalue weighted by Crippen LogP contribution is 2.21. The zero-order valence-corrected chi connectivity index (χ0v) is 10.7. The Morgan fingerprint density at radius 2 is 2.00 bits per heavy atom. The Hall–Kier alpha value is -0.160. The van der Waals surface area contributed by atoms with Crippen molar-refractivity contribution in [3.8, 4) is 0 Å². The summed E-state index contributed by atoms with van der Waals surface area (Å²) in [5, 5.41) is 3.65. The highest BCUT2D eigenvalue weighted by molar-refractivity contribution is 4.96. The van der Waals surface area contributed by atoms with Gasteiger partial charge in [-0.15, -0.1) is 0 Å². The fourth-order valence-electron chi connectivity index (χ4n) is 2.88.